The van der Waals surface area contributed by atoms with Gasteiger partial charge < -0.3 is 19.8 Å². The minimum absolute atomic E-state index is 0.115. The molecule has 128 valence electrons. The summed E-state index contributed by atoms with van der Waals surface area (Å²) in [5.74, 6) is 1.37. The molecule has 1 aliphatic heterocycles. The summed E-state index contributed by atoms with van der Waals surface area (Å²) >= 11 is 6.15. The van der Waals surface area contributed by atoms with E-state index < -0.39 is 0 Å². The largest absolute Gasteiger partial charge is 0.486 e. The second kappa shape index (κ2) is 6.78. The first kappa shape index (κ1) is 16.0. The third-order valence-corrected chi connectivity index (χ3v) is 4.54. The van der Waals surface area contributed by atoms with Crippen LogP contribution < -0.4 is 20.3 Å². The van der Waals surface area contributed by atoms with Crippen molar-refractivity contribution < 1.29 is 9.47 Å². The number of hydrogen-bond acceptors (Lipinski definition) is 4. The van der Waals surface area contributed by atoms with Crippen LogP contribution in [0.15, 0.2) is 47.3 Å². The molecule has 0 saturated heterocycles. The van der Waals surface area contributed by atoms with Crippen molar-refractivity contribution in [2.24, 2.45) is 0 Å². The highest BCUT2D eigenvalue weighted by Gasteiger charge is 2.14. The van der Waals surface area contributed by atoms with Crippen LogP contribution in [0.1, 0.15) is 11.1 Å². The summed E-state index contributed by atoms with van der Waals surface area (Å²) in [5, 5.41) is 4.90. The molecule has 0 amide bonds. The van der Waals surface area contributed by atoms with Crippen molar-refractivity contribution in [2.45, 2.75) is 13.1 Å². The van der Waals surface area contributed by atoms with Crippen LogP contribution in [0.2, 0.25) is 5.02 Å². The summed E-state index contributed by atoms with van der Waals surface area (Å²) in [4.78, 5) is 15.2. The Bertz CT molecular complexity index is 984. The number of aromatic nitrogens is 1. The fourth-order valence-electron chi connectivity index (χ4n) is 2.89. The molecule has 2 heterocycles. The van der Waals surface area contributed by atoms with Crippen LogP contribution in [0.3, 0.4) is 0 Å². The van der Waals surface area contributed by atoms with Crippen LogP contribution in [0.4, 0.5) is 0 Å². The Hall–Kier alpha value is -2.50. The molecular weight excluding hydrogens is 340 g/mol. The lowest BCUT2D eigenvalue weighted by Gasteiger charge is -2.18. The topological polar surface area (TPSA) is 63.4 Å². The van der Waals surface area contributed by atoms with Gasteiger partial charge in [-0.3, -0.25) is 4.79 Å². The first-order valence-electron chi connectivity index (χ1n) is 8.10. The van der Waals surface area contributed by atoms with Gasteiger partial charge in [-0.15, -0.1) is 0 Å². The van der Waals surface area contributed by atoms with Gasteiger partial charge in [0.1, 0.15) is 13.2 Å². The van der Waals surface area contributed by atoms with Crippen LogP contribution in [-0.4, -0.2) is 18.2 Å². The smallest absolute Gasteiger partial charge is 0.252 e. The Morgan fingerprint density at radius 1 is 1.00 bits per heavy atom. The molecule has 1 aromatic heterocycles. The summed E-state index contributed by atoms with van der Waals surface area (Å²) in [6, 6.07) is 13.2. The minimum atomic E-state index is -0.115. The average molecular weight is 357 g/mol. The number of rotatable bonds is 4. The molecule has 4 rings (SSSR count). The maximum atomic E-state index is 12.3. The van der Waals surface area contributed by atoms with Gasteiger partial charge in [0, 0.05) is 35.1 Å². The van der Waals surface area contributed by atoms with Gasteiger partial charge in [-0.1, -0.05) is 29.8 Å². The predicted molar refractivity (Wildman–Crippen MR) is 97.6 cm³/mol. The zero-order valence-corrected chi connectivity index (χ0v) is 14.2. The monoisotopic (exact) mass is 356 g/mol. The summed E-state index contributed by atoms with van der Waals surface area (Å²) < 4.78 is 11.2. The molecule has 2 N–H and O–H groups in total. The zero-order valence-electron chi connectivity index (χ0n) is 13.5. The van der Waals surface area contributed by atoms with E-state index in [1.165, 1.54) is 0 Å². The van der Waals surface area contributed by atoms with Gasteiger partial charge in [-0.2, -0.15) is 0 Å². The van der Waals surface area contributed by atoms with Crippen molar-refractivity contribution in [1.82, 2.24) is 10.3 Å². The van der Waals surface area contributed by atoms with Crippen molar-refractivity contribution in [3.05, 3.63) is 69.0 Å². The van der Waals surface area contributed by atoms with Crippen LogP contribution in [0.5, 0.6) is 11.5 Å². The summed E-state index contributed by atoms with van der Waals surface area (Å²) in [5.41, 5.74) is 2.29. The van der Waals surface area contributed by atoms with E-state index in [0.29, 0.717) is 48.4 Å². The Morgan fingerprint density at radius 3 is 2.52 bits per heavy atom. The second-order valence-corrected chi connectivity index (χ2v) is 6.31. The molecule has 0 aliphatic carbocycles. The van der Waals surface area contributed by atoms with E-state index in [1.807, 2.05) is 42.5 Å². The first-order chi connectivity index (χ1) is 12.2. The van der Waals surface area contributed by atoms with Crippen LogP contribution in [0, 0.1) is 0 Å². The van der Waals surface area contributed by atoms with Crippen LogP contribution in [-0.2, 0) is 13.1 Å². The standard InChI is InChI=1S/C19H17ClN2O3/c20-15-4-2-1-3-12(15)10-21-11-14-7-13-8-17-18(25-6-5-24-17)9-16(13)22-19(14)23/h1-4,7-9,21H,5-6,10-11H2,(H,22,23). The molecule has 0 spiro atoms. The van der Waals surface area contributed by atoms with E-state index in [2.05, 4.69) is 10.3 Å². The number of pyridine rings is 1. The Kier molecular flexibility index (Phi) is 4.34. The van der Waals surface area contributed by atoms with Gasteiger partial charge >= 0.3 is 0 Å². The lowest BCUT2D eigenvalue weighted by molar-refractivity contribution is 0.172. The van der Waals surface area contributed by atoms with E-state index in [-0.39, 0.29) is 5.56 Å². The molecule has 0 saturated carbocycles. The van der Waals surface area contributed by atoms with Crippen molar-refractivity contribution >= 4 is 22.5 Å². The molecule has 2 aromatic carbocycles. The van der Waals surface area contributed by atoms with E-state index in [9.17, 15) is 4.79 Å². The number of aromatic amines is 1. The summed E-state index contributed by atoms with van der Waals surface area (Å²) in [6.45, 7) is 2.10. The molecule has 0 radical (unpaired) electrons. The molecule has 25 heavy (non-hydrogen) atoms. The van der Waals surface area contributed by atoms with Crippen molar-refractivity contribution in [2.75, 3.05) is 13.2 Å². The number of nitrogens with one attached hydrogen (secondary N) is 2. The minimum Gasteiger partial charge on any atom is -0.486 e. The number of hydrogen-bond donors (Lipinski definition) is 2. The fourth-order valence-corrected chi connectivity index (χ4v) is 3.10. The second-order valence-electron chi connectivity index (χ2n) is 5.90. The molecule has 1 aliphatic rings. The Labute approximate surface area is 149 Å². The van der Waals surface area contributed by atoms with Gasteiger partial charge in [-0.25, -0.2) is 0 Å². The van der Waals surface area contributed by atoms with Gasteiger partial charge in [0.25, 0.3) is 5.56 Å². The highest BCUT2D eigenvalue weighted by molar-refractivity contribution is 6.31. The van der Waals surface area contributed by atoms with E-state index >= 15 is 0 Å². The van der Waals surface area contributed by atoms with Gasteiger partial charge in [0.15, 0.2) is 11.5 Å². The third kappa shape index (κ3) is 3.34. The molecular formula is C19H17ClN2O3. The highest BCUT2D eigenvalue weighted by Crippen LogP contribution is 2.33. The van der Waals surface area contributed by atoms with Gasteiger partial charge in [0.2, 0.25) is 0 Å². The van der Waals surface area contributed by atoms with Crippen LogP contribution in [0.25, 0.3) is 10.9 Å². The quantitative estimate of drug-likeness (QED) is 0.753. The van der Waals surface area contributed by atoms with Crippen molar-refractivity contribution in [3.8, 4) is 11.5 Å². The molecule has 3 aromatic rings. The lowest BCUT2D eigenvalue weighted by Crippen LogP contribution is -2.21. The summed E-state index contributed by atoms with van der Waals surface area (Å²) in [6.07, 6.45) is 0. The zero-order chi connectivity index (χ0) is 17.2. The number of fused-ring (bicyclic) bond motifs is 2. The molecule has 5 nitrogen and oxygen atoms in total. The fraction of sp³-hybridized carbons (Fsp3) is 0.211. The maximum Gasteiger partial charge on any atom is 0.252 e. The Balaban J connectivity index is 1.56. The average Bonchev–Trinajstić information content (AvgIpc) is 2.62. The molecule has 0 atom stereocenters. The number of H-pyrrole nitrogens is 1. The van der Waals surface area contributed by atoms with Crippen molar-refractivity contribution in [1.29, 1.82) is 0 Å². The van der Waals surface area contributed by atoms with Gasteiger partial charge in [-0.05, 0) is 23.8 Å². The first-order valence-corrected chi connectivity index (χ1v) is 8.48. The van der Waals surface area contributed by atoms with E-state index in [1.54, 1.807) is 0 Å². The summed E-state index contributed by atoms with van der Waals surface area (Å²) in [7, 11) is 0. The number of halogens is 1. The normalized spacial score (nSPS) is 13.2. The Morgan fingerprint density at radius 2 is 1.72 bits per heavy atom. The number of benzene rings is 2. The van der Waals surface area contributed by atoms with Crippen molar-refractivity contribution in [3.63, 3.8) is 0 Å². The number of ether oxygens (including phenoxy) is 2. The SMILES string of the molecule is O=c1[nH]c2cc3c(cc2cc1CNCc1ccccc1Cl)OCCO3. The van der Waals surface area contributed by atoms with E-state index in [4.69, 9.17) is 21.1 Å². The molecule has 0 bridgehead atoms. The van der Waals surface area contributed by atoms with Gasteiger partial charge in [0.05, 0.1) is 5.52 Å². The third-order valence-electron chi connectivity index (χ3n) is 4.17. The highest BCUT2D eigenvalue weighted by atomic mass is 35.5. The van der Waals surface area contributed by atoms with Crippen LogP contribution >= 0.6 is 11.6 Å². The maximum absolute atomic E-state index is 12.3. The predicted octanol–water partition coefficient (Wildman–Crippen LogP) is 3.24. The van der Waals surface area contributed by atoms with E-state index in [0.717, 1.165) is 16.5 Å². The lowest BCUT2D eigenvalue weighted by atomic mass is 10.1. The molecule has 0 unspecified atom stereocenters. The molecule has 0 fully saturated rings. The molecule has 6 heteroatoms.